The van der Waals surface area contributed by atoms with Crippen molar-refractivity contribution in [3.63, 3.8) is 0 Å². The van der Waals surface area contributed by atoms with Crippen molar-refractivity contribution in [2.24, 2.45) is 0 Å². The fourth-order valence-electron chi connectivity index (χ4n) is 2.46. The van der Waals surface area contributed by atoms with Crippen LogP contribution < -0.4 is 4.74 Å². The van der Waals surface area contributed by atoms with E-state index in [2.05, 4.69) is 0 Å². The van der Waals surface area contributed by atoms with Crippen molar-refractivity contribution < 1.29 is 18.6 Å². The maximum atomic E-state index is 12.5. The minimum atomic E-state index is -2.49. The van der Waals surface area contributed by atoms with Crippen LogP contribution in [-0.2, 0) is 6.42 Å². The van der Waals surface area contributed by atoms with Gasteiger partial charge in [-0.05, 0) is 11.1 Å². The Kier molecular flexibility index (Phi) is 3.40. The summed E-state index contributed by atoms with van der Waals surface area (Å²) in [6, 6.07) is 11.4. The van der Waals surface area contributed by atoms with Gasteiger partial charge in [0.2, 0.25) is 0 Å². The second-order valence-corrected chi connectivity index (χ2v) is 4.80. The maximum absolute atomic E-state index is 12.5. The van der Waals surface area contributed by atoms with Crippen LogP contribution in [0.4, 0.5) is 8.78 Å². The van der Waals surface area contributed by atoms with Crippen LogP contribution in [0.2, 0.25) is 0 Å². The van der Waals surface area contributed by atoms with Crippen LogP contribution in [0.25, 0.3) is 0 Å². The third-order valence-corrected chi connectivity index (χ3v) is 3.54. The van der Waals surface area contributed by atoms with E-state index in [9.17, 15) is 13.9 Å². The summed E-state index contributed by atoms with van der Waals surface area (Å²) in [6.45, 7) is 0.614. The van der Waals surface area contributed by atoms with Gasteiger partial charge in [-0.15, -0.1) is 0 Å². The molecule has 1 heterocycles. The molecule has 1 atom stereocenters. The second-order valence-electron chi connectivity index (χ2n) is 4.80. The predicted octanol–water partition coefficient (Wildman–Crippen LogP) is 3.64. The average molecular weight is 276 g/mol. The van der Waals surface area contributed by atoms with Crippen molar-refractivity contribution in [2.75, 3.05) is 6.61 Å². The highest BCUT2D eigenvalue weighted by molar-refractivity contribution is 5.48. The molecule has 0 spiro atoms. The Morgan fingerprint density at radius 3 is 2.40 bits per heavy atom. The molecule has 1 aliphatic rings. The van der Waals surface area contributed by atoms with Crippen LogP contribution in [0, 0.1) is 0 Å². The minimum Gasteiger partial charge on any atom is -0.493 e. The lowest BCUT2D eigenvalue weighted by atomic mass is 9.97. The van der Waals surface area contributed by atoms with Gasteiger partial charge in [-0.2, -0.15) is 0 Å². The monoisotopic (exact) mass is 276 g/mol. The van der Waals surface area contributed by atoms with Gasteiger partial charge < -0.3 is 9.84 Å². The van der Waals surface area contributed by atoms with Gasteiger partial charge in [0.05, 0.1) is 6.61 Å². The smallest absolute Gasteiger partial charge is 0.263 e. The molecule has 2 aromatic carbocycles. The quantitative estimate of drug-likeness (QED) is 0.927. The lowest BCUT2D eigenvalue weighted by Gasteiger charge is -2.15. The molecule has 0 saturated heterocycles. The first kappa shape index (κ1) is 13.1. The van der Waals surface area contributed by atoms with Crippen molar-refractivity contribution in [3.05, 3.63) is 64.7 Å². The van der Waals surface area contributed by atoms with E-state index in [1.54, 1.807) is 6.07 Å². The number of hydrogen-bond acceptors (Lipinski definition) is 2. The SMILES string of the molecule is OC(c1ccc(C(F)F)cc1)c1cccc2c1OCC2. The van der Waals surface area contributed by atoms with Crippen LogP contribution in [0.3, 0.4) is 0 Å². The van der Waals surface area contributed by atoms with Gasteiger partial charge in [0, 0.05) is 17.5 Å². The van der Waals surface area contributed by atoms with E-state index < -0.39 is 12.5 Å². The first-order valence-corrected chi connectivity index (χ1v) is 6.47. The number of aliphatic hydroxyl groups is 1. The Balaban J connectivity index is 1.93. The average Bonchev–Trinajstić information content (AvgIpc) is 2.95. The Hall–Kier alpha value is -1.94. The van der Waals surface area contributed by atoms with Crippen molar-refractivity contribution in [1.29, 1.82) is 0 Å². The fraction of sp³-hybridized carbons (Fsp3) is 0.250. The van der Waals surface area contributed by atoms with E-state index in [0.29, 0.717) is 17.7 Å². The molecule has 0 amide bonds. The van der Waals surface area contributed by atoms with Gasteiger partial charge >= 0.3 is 0 Å². The van der Waals surface area contributed by atoms with Crippen molar-refractivity contribution in [1.82, 2.24) is 0 Å². The molecule has 0 aliphatic carbocycles. The number of fused-ring (bicyclic) bond motifs is 1. The van der Waals surface area contributed by atoms with Crippen molar-refractivity contribution in [2.45, 2.75) is 19.0 Å². The maximum Gasteiger partial charge on any atom is 0.263 e. The lowest BCUT2D eigenvalue weighted by Crippen LogP contribution is -2.02. The Morgan fingerprint density at radius 1 is 1.00 bits per heavy atom. The molecule has 0 saturated carbocycles. The molecule has 0 fully saturated rings. The lowest BCUT2D eigenvalue weighted by molar-refractivity contribution is 0.151. The highest BCUT2D eigenvalue weighted by Gasteiger charge is 2.22. The van der Waals surface area contributed by atoms with Crippen molar-refractivity contribution >= 4 is 0 Å². The standard InChI is InChI=1S/C16H14F2O2/c17-16(18)12-6-4-10(5-7-12)14(19)13-3-1-2-11-8-9-20-15(11)13/h1-7,14,16,19H,8-9H2. The normalized spacial score (nSPS) is 15.0. The van der Waals surface area contributed by atoms with Crippen molar-refractivity contribution in [3.8, 4) is 5.75 Å². The van der Waals surface area contributed by atoms with Gasteiger partial charge in [0.1, 0.15) is 11.9 Å². The summed E-state index contributed by atoms with van der Waals surface area (Å²) in [5.74, 6) is 0.720. The van der Waals surface area contributed by atoms with Crippen LogP contribution in [0.1, 0.15) is 34.8 Å². The van der Waals surface area contributed by atoms with Gasteiger partial charge in [-0.1, -0.05) is 42.5 Å². The zero-order valence-electron chi connectivity index (χ0n) is 10.7. The zero-order valence-corrected chi connectivity index (χ0v) is 10.7. The van der Waals surface area contributed by atoms with E-state index in [1.165, 1.54) is 24.3 Å². The van der Waals surface area contributed by atoms with E-state index >= 15 is 0 Å². The molecule has 0 aromatic heterocycles. The summed E-state index contributed by atoms with van der Waals surface area (Å²) in [5.41, 5.74) is 2.30. The van der Waals surface area contributed by atoms with Crippen LogP contribution in [0.5, 0.6) is 5.75 Å². The summed E-state index contributed by atoms with van der Waals surface area (Å²) in [6.07, 6.45) is -2.53. The number of aliphatic hydroxyl groups excluding tert-OH is 1. The molecule has 2 aromatic rings. The van der Waals surface area contributed by atoms with Gasteiger partial charge in [0.15, 0.2) is 0 Å². The number of halogens is 2. The summed E-state index contributed by atoms with van der Waals surface area (Å²) < 4.78 is 30.6. The highest BCUT2D eigenvalue weighted by atomic mass is 19.3. The molecule has 3 rings (SSSR count). The molecule has 1 aliphatic heterocycles. The minimum absolute atomic E-state index is 0.0458. The molecule has 1 N–H and O–H groups in total. The van der Waals surface area contributed by atoms with Crippen LogP contribution >= 0.6 is 0 Å². The third kappa shape index (κ3) is 2.27. The zero-order chi connectivity index (χ0) is 14.1. The highest BCUT2D eigenvalue weighted by Crippen LogP contribution is 2.36. The Bertz CT molecular complexity index is 608. The molecule has 0 bridgehead atoms. The molecule has 2 nitrogen and oxygen atoms in total. The number of para-hydroxylation sites is 1. The third-order valence-electron chi connectivity index (χ3n) is 3.54. The predicted molar refractivity (Wildman–Crippen MR) is 71.1 cm³/mol. The first-order valence-electron chi connectivity index (χ1n) is 6.47. The fourth-order valence-corrected chi connectivity index (χ4v) is 2.46. The Labute approximate surface area is 115 Å². The largest absolute Gasteiger partial charge is 0.493 e. The number of ether oxygens (including phenoxy) is 1. The number of benzene rings is 2. The number of rotatable bonds is 3. The summed E-state index contributed by atoms with van der Waals surface area (Å²) in [5, 5.41) is 10.4. The topological polar surface area (TPSA) is 29.5 Å². The van der Waals surface area contributed by atoms with Crippen LogP contribution in [-0.4, -0.2) is 11.7 Å². The summed E-state index contributed by atoms with van der Waals surface area (Å²) in [7, 11) is 0. The summed E-state index contributed by atoms with van der Waals surface area (Å²) in [4.78, 5) is 0. The van der Waals surface area contributed by atoms with Crippen LogP contribution in [0.15, 0.2) is 42.5 Å². The Morgan fingerprint density at radius 2 is 1.70 bits per heavy atom. The molecular weight excluding hydrogens is 262 g/mol. The van der Waals surface area contributed by atoms with E-state index in [0.717, 1.165) is 17.7 Å². The first-order chi connectivity index (χ1) is 9.66. The van der Waals surface area contributed by atoms with Gasteiger partial charge in [-0.3, -0.25) is 0 Å². The number of alkyl halides is 2. The molecule has 20 heavy (non-hydrogen) atoms. The molecule has 0 radical (unpaired) electrons. The number of hydrogen-bond donors (Lipinski definition) is 1. The second kappa shape index (κ2) is 5.21. The van der Waals surface area contributed by atoms with E-state index in [1.807, 2.05) is 12.1 Å². The van der Waals surface area contributed by atoms with Gasteiger partial charge in [-0.25, -0.2) is 8.78 Å². The summed E-state index contributed by atoms with van der Waals surface area (Å²) >= 11 is 0. The molecule has 4 heteroatoms. The molecule has 1 unspecified atom stereocenters. The van der Waals surface area contributed by atoms with Gasteiger partial charge in [0.25, 0.3) is 6.43 Å². The molecular formula is C16H14F2O2. The van der Waals surface area contributed by atoms with E-state index in [-0.39, 0.29) is 5.56 Å². The molecule has 104 valence electrons. The van der Waals surface area contributed by atoms with E-state index in [4.69, 9.17) is 4.74 Å².